The van der Waals surface area contributed by atoms with E-state index in [4.69, 9.17) is 21.5 Å². The lowest BCUT2D eigenvalue weighted by Gasteiger charge is -2.10. The Balaban J connectivity index is 2.39. The maximum Gasteiger partial charge on any atom is 0.151 e. The van der Waals surface area contributed by atoms with Crippen molar-refractivity contribution in [1.82, 2.24) is 0 Å². The van der Waals surface area contributed by atoms with Crippen molar-refractivity contribution in [1.29, 1.82) is 5.26 Å². The molecule has 4 heteroatoms. The number of benzene rings is 2. The van der Waals surface area contributed by atoms with Crippen LogP contribution in [-0.2, 0) is 0 Å². The summed E-state index contributed by atoms with van der Waals surface area (Å²) in [6.45, 7) is 0. The first kappa shape index (κ1) is 10.8. The fourth-order valence-electron chi connectivity index (χ4n) is 1.45. The molecule has 2 aromatic rings. The van der Waals surface area contributed by atoms with Gasteiger partial charge in [0.05, 0.1) is 11.4 Å². The number of nitrogens with two attached hydrogens (primary N) is 2. The van der Waals surface area contributed by atoms with Gasteiger partial charge in [0, 0.05) is 0 Å². The number of hydrogen-bond acceptors (Lipinski definition) is 4. The summed E-state index contributed by atoms with van der Waals surface area (Å²) in [5.74, 6) is 1.09. The minimum atomic E-state index is 0.249. The highest BCUT2D eigenvalue weighted by molar-refractivity contribution is 5.73. The van der Waals surface area contributed by atoms with Crippen molar-refractivity contribution in [2.45, 2.75) is 0 Å². The molecule has 2 aromatic carbocycles. The molecule has 0 heterocycles. The molecule has 0 bridgehead atoms. The molecule has 0 saturated carbocycles. The highest BCUT2D eigenvalue weighted by atomic mass is 16.5. The SMILES string of the molecule is N#Cc1c(N)ccc(Oc2ccccc2)c1N. The van der Waals surface area contributed by atoms with Crippen LogP contribution in [0.5, 0.6) is 11.5 Å². The van der Waals surface area contributed by atoms with Crippen molar-refractivity contribution >= 4 is 11.4 Å². The van der Waals surface area contributed by atoms with E-state index in [-0.39, 0.29) is 11.3 Å². The molecular weight excluding hydrogens is 214 g/mol. The van der Waals surface area contributed by atoms with Crippen molar-refractivity contribution in [2.24, 2.45) is 0 Å². The van der Waals surface area contributed by atoms with Gasteiger partial charge in [0.15, 0.2) is 5.75 Å². The summed E-state index contributed by atoms with van der Waals surface area (Å²) in [6.07, 6.45) is 0. The number of para-hydroxylation sites is 1. The second-order valence-electron chi connectivity index (χ2n) is 3.47. The van der Waals surface area contributed by atoms with Crippen molar-refractivity contribution in [3.63, 3.8) is 0 Å². The zero-order valence-electron chi connectivity index (χ0n) is 9.05. The van der Waals surface area contributed by atoms with Gasteiger partial charge in [-0.05, 0) is 24.3 Å². The lowest BCUT2D eigenvalue weighted by molar-refractivity contribution is 0.485. The number of nitrogens with zero attached hydrogens (tertiary/aromatic N) is 1. The fraction of sp³-hybridized carbons (Fsp3) is 0. The lowest BCUT2D eigenvalue weighted by atomic mass is 10.1. The summed E-state index contributed by atoms with van der Waals surface area (Å²) in [4.78, 5) is 0. The van der Waals surface area contributed by atoms with E-state index in [1.807, 2.05) is 36.4 Å². The number of nitrogen functional groups attached to an aromatic ring is 2. The van der Waals surface area contributed by atoms with Crippen LogP contribution in [0.3, 0.4) is 0 Å². The summed E-state index contributed by atoms with van der Waals surface area (Å²) < 4.78 is 5.57. The molecule has 84 valence electrons. The number of nitriles is 1. The van der Waals surface area contributed by atoms with Crippen LogP contribution in [0.15, 0.2) is 42.5 Å². The summed E-state index contributed by atoms with van der Waals surface area (Å²) in [7, 11) is 0. The molecule has 0 fully saturated rings. The molecule has 2 rings (SSSR count). The fourth-order valence-corrected chi connectivity index (χ4v) is 1.45. The van der Waals surface area contributed by atoms with Crippen LogP contribution >= 0.6 is 0 Å². The average Bonchev–Trinajstić information content (AvgIpc) is 2.35. The first-order valence-corrected chi connectivity index (χ1v) is 5.03. The Bertz CT molecular complexity index is 573. The van der Waals surface area contributed by atoms with Crippen LogP contribution in [0.25, 0.3) is 0 Å². The first-order valence-electron chi connectivity index (χ1n) is 5.03. The molecule has 0 aliphatic heterocycles. The minimum Gasteiger partial charge on any atom is -0.455 e. The Morgan fingerprint density at radius 3 is 2.35 bits per heavy atom. The van der Waals surface area contributed by atoms with Gasteiger partial charge in [-0.1, -0.05) is 18.2 Å². The molecule has 0 aliphatic rings. The Kier molecular flexibility index (Phi) is 2.84. The molecule has 0 atom stereocenters. The van der Waals surface area contributed by atoms with Gasteiger partial charge in [0.1, 0.15) is 17.4 Å². The molecule has 0 amide bonds. The molecule has 0 aliphatic carbocycles. The number of hydrogen-bond donors (Lipinski definition) is 2. The van der Waals surface area contributed by atoms with Gasteiger partial charge in [-0.3, -0.25) is 0 Å². The zero-order valence-corrected chi connectivity index (χ0v) is 9.05. The number of ether oxygens (including phenoxy) is 1. The topological polar surface area (TPSA) is 85.1 Å². The highest BCUT2D eigenvalue weighted by Crippen LogP contribution is 2.32. The molecule has 0 aromatic heterocycles. The molecule has 0 spiro atoms. The van der Waals surface area contributed by atoms with Crippen LogP contribution in [0, 0.1) is 11.3 Å². The zero-order chi connectivity index (χ0) is 12.3. The van der Waals surface area contributed by atoms with E-state index in [0.717, 1.165) is 0 Å². The Labute approximate surface area is 99.0 Å². The monoisotopic (exact) mass is 225 g/mol. The normalized spacial score (nSPS) is 9.59. The van der Waals surface area contributed by atoms with E-state index in [1.165, 1.54) is 0 Å². The third-order valence-electron chi connectivity index (χ3n) is 2.32. The second kappa shape index (κ2) is 4.45. The van der Waals surface area contributed by atoms with Crippen LogP contribution in [-0.4, -0.2) is 0 Å². The van der Waals surface area contributed by atoms with Crippen molar-refractivity contribution in [3.05, 3.63) is 48.0 Å². The van der Waals surface area contributed by atoms with E-state index in [9.17, 15) is 0 Å². The summed E-state index contributed by atoms with van der Waals surface area (Å²) >= 11 is 0. The number of rotatable bonds is 2. The Hall–Kier alpha value is -2.67. The van der Waals surface area contributed by atoms with E-state index in [1.54, 1.807) is 12.1 Å². The highest BCUT2D eigenvalue weighted by Gasteiger charge is 2.10. The maximum absolute atomic E-state index is 8.92. The number of anilines is 2. The van der Waals surface area contributed by atoms with Gasteiger partial charge < -0.3 is 16.2 Å². The standard InChI is InChI=1S/C13H11N3O/c14-8-10-11(15)6-7-12(13(10)16)17-9-4-2-1-3-5-9/h1-7H,15-16H2. The third-order valence-corrected chi connectivity index (χ3v) is 2.32. The predicted octanol–water partition coefficient (Wildman–Crippen LogP) is 2.51. The van der Waals surface area contributed by atoms with Crippen LogP contribution in [0.2, 0.25) is 0 Å². The quantitative estimate of drug-likeness (QED) is 0.769. The summed E-state index contributed by atoms with van der Waals surface area (Å²) in [6, 6.07) is 14.4. The van der Waals surface area contributed by atoms with Crippen molar-refractivity contribution < 1.29 is 4.74 Å². The van der Waals surface area contributed by atoms with Crippen LogP contribution in [0.1, 0.15) is 5.56 Å². The summed E-state index contributed by atoms with van der Waals surface area (Å²) in [5, 5.41) is 8.92. The van der Waals surface area contributed by atoms with Gasteiger partial charge in [0.25, 0.3) is 0 Å². The van der Waals surface area contributed by atoms with Crippen molar-refractivity contribution in [2.75, 3.05) is 11.5 Å². The van der Waals surface area contributed by atoms with Gasteiger partial charge >= 0.3 is 0 Å². The largest absolute Gasteiger partial charge is 0.455 e. The molecule has 0 radical (unpaired) electrons. The maximum atomic E-state index is 8.92. The lowest BCUT2D eigenvalue weighted by Crippen LogP contribution is -1.99. The van der Waals surface area contributed by atoms with E-state index in [2.05, 4.69) is 0 Å². The van der Waals surface area contributed by atoms with Gasteiger partial charge in [0.2, 0.25) is 0 Å². The molecular formula is C13H11N3O. The molecule has 17 heavy (non-hydrogen) atoms. The predicted molar refractivity (Wildman–Crippen MR) is 66.5 cm³/mol. The van der Waals surface area contributed by atoms with Crippen LogP contribution < -0.4 is 16.2 Å². The van der Waals surface area contributed by atoms with Gasteiger partial charge in [-0.25, -0.2) is 0 Å². The molecule has 4 N–H and O–H groups in total. The molecule has 0 unspecified atom stereocenters. The van der Waals surface area contributed by atoms with Gasteiger partial charge in [-0.2, -0.15) is 5.26 Å². The minimum absolute atomic E-state index is 0.249. The van der Waals surface area contributed by atoms with Crippen molar-refractivity contribution in [3.8, 4) is 17.6 Å². The first-order chi connectivity index (χ1) is 8.22. The average molecular weight is 225 g/mol. The van der Waals surface area contributed by atoms with Crippen LogP contribution in [0.4, 0.5) is 11.4 Å². The van der Waals surface area contributed by atoms with E-state index in [0.29, 0.717) is 17.2 Å². The Morgan fingerprint density at radius 1 is 1.00 bits per heavy atom. The Morgan fingerprint density at radius 2 is 1.71 bits per heavy atom. The van der Waals surface area contributed by atoms with Gasteiger partial charge in [-0.15, -0.1) is 0 Å². The molecule has 0 saturated heterocycles. The van der Waals surface area contributed by atoms with E-state index < -0.39 is 0 Å². The third kappa shape index (κ3) is 2.13. The summed E-state index contributed by atoms with van der Waals surface area (Å²) in [5.41, 5.74) is 12.3. The van der Waals surface area contributed by atoms with E-state index >= 15 is 0 Å². The second-order valence-corrected chi connectivity index (χ2v) is 3.47. The molecule has 4 nitrogen and oxygen atoms in total. The smallest absolute Gasteiger partial charge is 0.151 e.